The topological polar surface area (TPSA) is 55.4 Å². The highest BCUT2D eigenvalue weighted by Crippen LogP contribution is 2.31. The molecule has 1 unspecified atom stereocenters. The fourth-order valence-corrected chi connectivity index (χ4v) is 3.08. The number of methoxy groups -OCH3 is 1. The minimum Gasteiger partial charge on any atom is -0.496 e. The van der Waals surface area contributed by atoms with Gasteiger partial charge in [-0.2, -0.15) is 0 Å². The first-order valence-corrected chi connectivity index (χ1v) is 9.55. The summed E-state index contributed by atoms with van der Waals surface area (Å²) < 4.78 is 27.9. The molecule has 0 aliphatic rings. The van der Waals surface area contributed by atoms with Gasteiger partial charge in [0.05, 0.1) is 7.11 Å². The minimum absolute atomic E-state index is 0.0420. The zero-order valence-corrected chi connectivity index (χ0v) is 14.4. The van der Waals surface area contributed by atoms with Gasteiger partial charge in [-0.15, -0.1) is 0 Å². The van der Waals surface area contributed by atoms with Gasteiger partial charge in [-0.3, -0.25) is 0 Å². The largest absolute Gasteiger partial charge is 0.496 e. The molecule has 0 radical (unpaired) electrons. The molecule has 6 heteroatoms. The number of ether oxygens (including phenoxy) is 1. The fraction of sp³-hybridized carbons (Fsp3) is 0.600. The summed E-state index contributed by atoms with van der Waals surface area (Å²) >= 11 is 6.08. The summed E-state index contributed by atoms with van der Waals surface area (Å²) in [5, 5.41) is 4.09. The van der Waals surface area contributed by atoms with Crippen LogP contribution in [0.5, 0.6) is 5.75 Å². The maximum absolute atomic E-state index is 11.3. The van der Waals surface area contributed by atoms with E-state index in [0.29, 0.717) is 11.4 Å². The van der Waals surface area contributed by atoms with E-state index in [4.69, 9.17) is 16.3 Å². The zero-order chi connectivity index (χ0) is 15.9. The van der Waals surface area contributed by atoms with Gasteiger partial charge in [-0.25, -0.2) is 8.42 Å². The second-order valence-corrected chi connectivity index (χ2v) is 7.86. The Morgan fingerprint density at radius 2 is 2.10 bits per heavy atom. The average molecular weight is 334 g/mol. The van der Waals surface area contributed by atoms with Crippen LogP contribution >= 0.6 is 11.6 Å². The quantitative estimate of drug-likeness (QED) is 0.754. The molecule has 1 N–H and O–H groups in total. The van der Waals surface area contributed by atoms with E-state index in [1.807, 2.05) is 12.1 Å². The van der Waals surface area contributed by atoms with Crippen molar-refractivity contribution in [2.45, 2.75) is 32.2 Å². The number of nitrogens with one attached hydrogen (secondary N) is 1. The SMILES string of the molecule is CCCNC(CCCS(C)(=O)=O)c1cc(Cl)ccc1OC. The van der Waals surface area contributed by atoms with Crippen LogP contribution in [0, 0.1) is 0 Å². The van der Waals surface area contributed by atoms with Gasteiger partial charge in [0.25, 0.3) is 0 Å². The predicted octanol–water partition coefficient (Wildman–Crippen LogP) is 3.21. The van der Waals surface area contributed by atoms with Crippen molar-refractivity contribution >= 4 is 21.4 Å². The summed E-state index contributed by atoms with van der Waals surface area (Å²) in [5.41, 5.74) is 0.979. The van der Waals surface area contributed by atoms with Crippen LogP contribution in [0.4, 0.5) is 0 Å². The van der Waals surface area contributed by atoms with Crippen LogP contribution in [0.1, 0.15) is 37.8 Å². The Balaban J connectivity index is 2.88. The van der Waals surface area contributed by atoms with Crippen molar-refractivity contribution in [3.05, 3.63) is 28.8 Å². The third kappa shape index (κ3) is 6.68. The molecule has 0 saturated heterocycles. The molecule has 0 amide bonds. The number of halogens is 1. The van der Waals surface area contributed by atoms with E-state index in [-0.39, 0.29) is 11.8 Å². The van der Waals surface area contributed by atoms with Crippen LogP contribution < -0.4 is 10.1 Å². The van der Waals surface area contributed by atoms with E-state index in [1.54, 1.807) is 13.2 Å². The number of rotatable bonds is 9. The van der Waals surface area contributed by atoms with Crippen LogP contribution in [0.15, 0.2) is 18.2 Å². The minimum atomic E-state index is -2.93. The summed E-state index contributed by atoms with van der Waals surface area (Å²) in [6.45, 7) is 2.95. The smallest absolute Gasteiger partial charge is 0.147 e. The van der Waals surface area contributed by atoms with E-state index < -0.39 is 9.84 Å². The molecule has 0 aliphatic heterocycles. The van der Waals surface area contributed by atoms with Crippen LogP contribution in [-0.4, -0.2) is 34.1 Å². The Kier molecular flexibility index (Phi) is 7.49. The van der Waals surface area contributed by atoms with Gasteiger partial charge in [0, 0.05) is 28.6 Å². The third-order valence-electron chi connectivity index (χ3n) is 3.22. The van der Waals surface area contributed by atoms with Crippen LogP contribution in [-0.2, 0) is 9.84 Å². The molecule has 0 bridgehead atoms. The number of hydrogen-bond donors (Lipinski definition) is 1. The highest BCUT2D eigenvalue weighted by Gasteiger charge is 2.17. The van der Waals surface area contributed by atoms with Crippen molar-refractivity contribution in [2.75, 3.05) is 25.7 Å². The van der Waals surface area contributed by atoms with Gasteiger partial charge in [0.1, 0.15) is 15.6 Å². The van der Waals surface area contributed by atoms with Crippen LogP contribution in [0.3, 0.4) is 0 Å². The molecule has 1 aromatic carbocycles. The Labute approximate surface area is 132 Å². The van der Waals surface area contributed by atoms with Gasteiger partial charge in [0.2, 0.25) is 0 Å². The Hall–Kier alpha value is -0.780. The van der Waals surface area contributed by atoms with Crippen molar-refractivity contribution < 1.29 is 13.2 Å². The van der Waals surface area contributed by atoms with E-state index in [1.165, 1.54) is 6.26 Å². The predicted molar refractivity (Wildman–Crippen MR) is 88.0 cm³/mol. The maximum atomic E-state index is 11.3. The van der Waals surface area contributed by atoms with Gasteiger partial charge in [-0.05, 0) is 44.0 Å². The molecule has 1 atom stereocenters. The number of benzene rings is 1. The lowest BCUT2D eigenvalue weighted by Crippen LogP contribution is -2.23. The van der Waals surface area contributed by atoms with Crippen molar-refractivity contribution in [2.24, 2.45) is 0 Å². The zero-order valence-electron chi connectivity index (χ0n) is 12.9. The maximum Gasteiger partial charge on any atom is 0.147 e. The highest BCUT2D eigenvalue weighted by atomic mass is 35.5. The fourth-order valence-electron chi connectivity index (χ4n) is 2.21. The van der Waals surface area contributed by atoms with E-state index >= 15 is 0 Å². The molecule has 0 aromatic heterocycles. The number of hydrogen-bond acceptors (Lipinski definition) is 4. The lowest BCUT2D eigenvalue weighted by molar-refractivity contribution is 0.394. The van der Waals surface area contributed by atoms with Crippen molar-refractivity contribution in [3.8, 4) is 5.75 Å². The molecule has 0 spiro atoms. The summed E-state index contributed by atoms with van der Waals surface area (Å²) in [4.78, 5) is 0. The first kappa shape index (κ1) is 18.3. The molecule has 1 aromatic rings. The van der Waals surface area contributed by atoms with E-state index in [0.717, 1.165) is 30.7 Å². The highest BCUT2D eigenvalue weighted by molar-refractivity contribution is 7.90. The molecule has 120 valence electrons. The molecule has 0 saturated carbocycles. The second kappa shape index (κ2) is 8.61. The number of sulfone groups is 1. The standard InChI is InChI=1S/C15H24ClNO3S/c1-4-9-17-14(6-5-10-21(3,18)19)13-11-12(16)7-8-15(13)20-2/h7-8,11,14,17H,4-6,9-10H2,1-3H3. The Morgan fingerprint density at radius 1 is 1.38 bits per heavy atom. The summed E-state index contributed by atoms with van der Waals surface area (Å²) in [6, 6.07) is 5.56. The lowest BCUT2D eigenvalue weighted by Gasteiger charge is -2.21. The molecule has 0 heterocycles. The normalized spacial score (nSPS) is 13.1. The first-order valence-electron chi connectivity index (χ1n) is 7.12. The monoisotopic (exact) mass is 333 g/mol. The molecular weight excluding hydrogens is 310 g/mol. The van der Waals surface area contributed by atoms with Gasteiger partial charge < -0.3 is 10.1 Å². The molecule has 21 heavy (non-hydrogen) atoms. The molecular formula is C15H24ClNO3S. The van der Waals surface area contributed by atoms with Gasteiger partial charge >= 0.3 is 0 Å². The molecule has 0 aliphatic carbocycles. The summed E-state index contributed by atoms with van der Waals surface area (Å²) in [6.07, 6.45) is 3.60. The van der Waals surface area contributed by atoms with E-state index in [9.17, 15) is 8.42 Å². The summed E-state index contributed by atoms with van der Waals surface area (Å²) in [7, 11) is -1.31. The average Bonchev–Trinajstić information content (AvgIpc) is 2.41. The molecule has 0 fully saturated rings. The van der Waals surface area contributed by atoms with Crippen molar-refractivity contribution in [1.82, 2.24) is 5.32 Å². The Morgan fingerprint density at radius 3 is 2.67 bits per heavy atom. The molecule has 4 nitrogen and oxygen atoms in total. The van der Waals surface area contributed by atoms with Crippen molar-refractivity contribution in [1.29, 1.82) is 0 Å². The lowest BCUT2D eigenvalue weighted by atomic mass is 10.0. The van der Waals surface area contributed by atoms with Gasteiger partial charge in [0.15, 0.2) is 0 Å². The molecule has 1 rings (SSSR count). The third-order valence-corrected chi connectivity index (χ3v) is 4.48. The van der Waals surface area contributed by atoms with Crippen LogP contribution in [0.2, 0.25) is 5.02 Å². The van der Waals surface area contributed by atoms with Crippen molar-refractivity contribution in [3.63, 3.8) is 0 Å². The second-order valence-electron chi connectivity index (χ2n) is 5.17. The van der Waals surface area contributed by atoms with E-state index in [2.05, 4.69) is 12.2 Å². The van der Waals surface area contributed by atoms with Gasteiger partial charge in [-0.1, -0.05) is 18.5 Å². The Bertz CT molecular complexity index is 546. The first-order chi connectivity index (χ1) is 9.87. The van der Waals surface area contributed by atoms with Crippen LogP contribution in [0.25, 0.3) is 0 Å². The summed E-state index contributed by atoms with van der Waals surface area (Å²) in [5.74, 6) is 0.965.